The fourth-order valence-electron chi connectivity index (χ4n) is 2.22. The van der Waals surface area contributed by atoms with Gasteiger partial charge in [-0.1, -0.05) is 33.8 Å². The van der Waals surface area contributed by atoms with Crippen LogP contribution in [0.25, 0.3) is 0 Å². The lowest BCUT2D eigenvalue weighted by molar-refractivity contribution is 0.102. The van der Waals surface area contributed by atoms with Crippen molar-refractivity contribution in [2.24, 2.45) is 0 Å². The van der Waals surface area contributed by atoms with Crippen LogP contribution in [-0.4, -0.2) is 16.0 Å². The molecule has 0 aliphatic carbocycles. The van der Waals surface area contributed by atoms with E-state index in [0.29, 0.717) is 11.3 Å². The smallest absolute Gasteiger partial charge is 0.256 e. The Balaban J connectivity index is 2.32. The summed E-state index contributed by atoms with van der Waals surface area (Å²) in [7, 11) is 0. The molecule has 2 N–H and O–H groups in total. The molecule has 1 amide bonds. The van der Waals surface area contributed by atoms with E-state index in [2.05, 4.69) is 31.1 Å². The Morgan fingerprint density at radius 2 is 2.00 bits per heavy atom. The largest absolute Gasteiger partial charge is 0.506 e. The normalized spacial score (nSPS) is 11.3. The minimum atomic E-state index is -0.236. The van der Waals surface area contributed by atoms with Crippen molar-refractivity contribution in [3.8, 4) is 5.75 Å². The number of rotatable bonds is 3. The van der Waals surface area contributed by atoms with Crippen LogP contribution in [0.2, 0.25) is 0 Å². The highest BCUT2D eigenvalue weighted by atomic mass is 16.3. The Morgan fingerprint density at radius 3 is 2.64 bits per heavy atom. The van der Waals surface area contributed by atoms with E-state index in [1.807, 2.05) is 19.1 Å². The van der Waals surface area contributed by atoms with Crippen molar-refractivity contribution in [3.05, 3.63) is 53.3 Å². The molecule has 22 heavy (non-hydrogen) atoms. The molecule has 0 spiro atoms. The fourth-order valence-corrected chi connectivity index (χ4v) is 2.22. The zero-order chi connectivity index (χ0) is 16.3. The molecule has 0 saturated carbocycles. The summed E-state index contributed by atoms with van der Waals surface area (Å²) in [6.45, 7) is 8.24. The second kappa shape index (κ2) is 6.18. The number of benzene rings is 1. The van der Waals surface area contributed by atoms with Crippen molar-refractivity contribution >= 4 is 11.6 Å². The SMILES string of the molecule is CCc1cnccc1C(=O)Nc1cc(C(C)(C)C)ccc1O. The highest BCUT2D eigenvalue weighted by molar-refractivity contribution is 6.06. The fraction of sp³-hybridized carbons (Fsp3) is 0.333. The summed E-state index contributed by atoms with van der Waals surface area (Å²) in [5, 5.41) is 12.8. The lowest BCUT2D eigenvalue weighted by Gasteiger charge is -2.20. The van der Waals surface area contributed by atoms with E-state index in [1.54, 1.807) is 24.5 Å². The summed E-state index contributed by atoms with van der Waals surface area (Å²) in [5.74, 6) is -0.172. The topological polar surface area (TPSA) is 62.2 Å². The van der Waals surface area contributed by atoms with Gasteiger partial charge in [-0.2, -0.15) is 0 Å². The zero-order valence-electron chi connectivity index (χ0n) is 13.5. The van der Waals surface area contributed by atoms with Crippen LogP contribution in [0.1, 0.15) is 49.2 Å². The van der Waals surface area contributed by atoms with E-state index in [0.717, 1.165) is 17.5 Å². The van der Waals surface area contributed by atoms with Crippen molar-refractivity contribution in [1.29, 1.82) is 0 Å². The third-order valence-electron chi connectivity index (χ3n) is 3.64. The molecule has 1 aromatic heterocycles. The molecular formula is C18H22N2O2. The van der Waals surface area contributed by atoms with Crippen LogP contribution < -0.4 is 5.32 Å². The predicted molar refractivity (Wildman–Crippen MR) is 88.4 cm³/mol. The molecule has 0 aliphatic rings. The number of nitrogens with zero attached hydrogens (tertiary/aromatic N) is 1. The summed E-state index contributed by atoms with van der Waals surface area (Å²) in [6, 6.07) is 7.00. The maximum Gasteiger partial charge on any atom is 0.256 e. The number of phenols is 1. The summed E-state index contributed by atoms with van der Waals surface area (Å²) < 4.78 is 0. The first-order chi connectivity index (χ1) is 10.3. The number of anilines is 1. The van der Waals surface area contributed by atoms with E-state index < -0.39 is 0 Å². The molecule has 116 valence electrons. The highest BCUT2D eigenvalue weighted by Crippen LogP contribution is 2.31. The Hall–Kier alpha value is -2.36. The maximum absolute atomic E-state index is 12.5. The Labute approximate surface area is 131 Å². The van der Waals surface area contributed by atoms with Crippen LogP contribution in [0.5, 0.6) is 5.75 Å². The molecule has 2 rings (SSSR count). The number of aromatic nitrogens is 1. The zero-order valence-corrected chi connectivity index (χ0v) is 13.5. The second-order valence-corrected chi connectivity index (χ2v) is 6.32. The summed E-state index contributed by atoms with van der Waals surface area (Å²) >= 11 is 0. The molecule has 4 nitrogen and oxygen atoms in total. The first-order valence-electron chi connectivity index (χ1n) is 7.40. The van der Waals surface area contributed by atoms with E-state index in [9.17, 15) is 9.90 Å². The molecule has 0 bridgehead atoms. The van der Waals surface area contributed by atoms with Crippen molar-refractivity contribution in [2.45, 2.75) is 39.5 Å². The number of hydrogen-bond donors (Lipinski definition) is 2. The van der Waals surface area contributed by atoms with Gasteiger partial charge in [0.2, 0.25) is 0 Å². The molecule has 0 unspecified atom stereocenters. The van der Waals surface area contributed by atoms with Crippen LogP contribution in [-0.2, 0) is 11.8 Å². The number of phenolic OH excluding ortho intramolecular Hbond substituents is 1. The number of nitrogens with one attached hydrogen (secondary N) is 1. The molecule has 0 aliphatic heterocycles. The minimum absolute atomic E-state index is 0.0571. The standard InChI is InChI=1S/C18H22N2O2/c1-5-12-11-19-9-8-14(12)17(22)20-15-10-13(18(2,3)4)6-7-16(15)21/h6-11,21H,5H2,1-4H3,(H,20,22). The third kappa shape index (κ3) is 3.45. The van der Waals surface area contributed by atoms with Crippen molar-refractivity contribution in [1.82, 2.24) is 4.98 Å². The van der Waals surface area contributed by atoms with Gasteiger partial charge in [0.1, 0.15) is 5.75 Å². The number of hydrogen-bond acceptors (Lipinski definition) is 3. The molecule has 0 fully saturated rings. The van der Waals surface area contributed by atoms with Gasteiger partial charge in [0.05, 0.1) is 5.69 Å². The number of aromatic hydroxyl groups is 1. The van der Waals surface area contributed by atoms with E-state index in [-0.39, 0.29) is 17.1 Å². The minimum Gasteiger partial charge on any atom is -0.506 e. The van der Waals surface area contributed by atoms with Gasteiger partial charge in [-0.05, 0) is 41.2 Å². The van der Waals surface area contributed by atoms with Crippen molar-refractivity contribution in [2.75, 3.05) is 5.32 Å². The van der Waals surface area contributed by atoms with Gasteiger partial charge in [0, 0.05) is 18.0 Å². The Kier molecular flexibility index (Phi) is 4.50. The molecular weight excluding hydrogens is 276 g/mol. The van der Waals surface area contributed by atoms with Gasteiger partial charge in [0.15, 0.2) is 0 Å². The van der Waals surface area contributed by atoms with Crippen molar-refractivity contribution in [3.63, 3.8) is 0 Å². The van der Waals surface area contributed by atoms with Crippen molar-refractivity contribution < 1.29 is 9.90 Å². The number of amides is 1. The van der Waals surface area contributed by atoms with Gasteiger partial charge in [0.25, 0.3) is 5.91 Å². The maximum atomic E-state index is 12.5. The number of carbonyl (C=O) groups is 1. The molecule has 0 atom stereocenters. The third-order valence-corrected chi connectivity index (χ3v) is 3.64. The quantitative estimate of drug-likeness (QED) is 0.845. The molecule has 4 heteroatoms. The van der Waals surface area contributed by atoms with Crippen LogP contribution in [0.4, 0.5) is 5.69 Å². The van der Waals surface area contributed by atoms with Crippen LogP contribution in [0, 0.1) is 0 Å². The van der Waals surface area contributed by atoms with Gasteiger partial charge < -0.3 is 10.4 Å². The highest BCUT2D eigenvalue weighted by Gasteiger charge is 2.17. The lowest BCUT2D eigenvalue weighted by atomic mass is 9.87. The van der Waals surface area contributed by atoms with E-state index in [1.165, 1.54) is 0 Å². The average molecular weight is 298 g/mol. The van der Waals surface area contributed by atoms with E-state index >= 15 is 0 Å². The van der Waals surface area contributed by atoms with Gasteiger partial charge in [-0.15, -0.1) is 0 Å². The predicted octanol–water partition coefficient (Wildman–Crippen LogP) is 3.90. The molecule has 1 heterocycles. The summed E-state index contributed by atoms with van der Waals surface area (Å²) in [5.41, 5.74) is 2.88. The van der Waals surface area contributed by atoms with Gasteiger partial charge in [-0.25, -0.2) is 0 Å². The van der Waals surface area contributed by atoms with Crippen LogP contribution in [0.15, 0.2) is 36.7 Å². The number of carbonyl (C=O) groups excluding carboxylic acids is 1. The number of pyridine rings is 1. The summed E-state index contributed by atoms with van der Waals surface area (Å²) in [4.78, 5) is 16.5. The molecule has 1 aromatic carbocycles. The summed E-state index contributed by atoms with van der Waals surface area (Å²) in [6.07, 6.45) is 4.02. The van der Waals surface area contributed by atoms with Crippen LogP contribution in [0.3, 0.4) is 0 Å². The lowest BCUT2D eigenvalue weighted by Crippen LogP contribution is -2.16. The average Bonchev–Trinajstić information content (AvgIpc) is 2.48. The first-order valence-corrected chi connectivity index (χ1v) is 7.40. The van der Waals surface area contributed by atoms with Crippen LogP contribution >= 0.6 is 0 Å². The Bertz CT molecular complexity index is 688. The van der Waals surface area contributed by atoms with Gasteiger partial charge in [-0.3, -0.25) is 9.78 Å². The van der Waals surface area contributed by atoms with E-state index in [4.69, 9.17) is 0 Å². The first kappa shape index (κ1) is 16.0. The molecule has 0 radical (unpaired) electrons. The second-order valence-electron chi connectivity index (χ2n) is 6.32. The number of aryl methyl sites for hydroxylation is 1. The monoisotopic (exact) mass is 298 g/mol. The molecule has 2 aromatic rings. The molecule has 0 saturated heterocycles. The van der Waals surface area contributed by atoms with Gasteiger partial charge >= 0.3 is 0 Å². The Morgan fingerprint density at radius 1 is 1.27 bits per heavy atom.